The lowest BCUT2D eigenvalue weighted by atomic mass is 10.0. The summed E-state index contributed by atoms with van der Waals surface area (Å²) in [7, 11) is 2.19. The molecule has 0 aromatic rings. The van der Waals surface area contributed by atoms with E-state index in [2.05, 4.69) is 16.8 Å². The Hall–Kier alpha value is -0.120. The molecule has 100 valence electrons. The number of hydrogen-bond donors (Lipinski definition) is 0. The van der Waals surface area contributed by atoms with Gasteiger partial charge in [-0.15, -0.1) is 0 Å². The van der Waals surface area contributed by atoms with Crippen molar-refractivity contribution in [2.45, 2.75) is 38.5 Å². The van der Waals surface area contributed by atoms with Crippen LogP contribution in [-0.4, -0.2) is 56.4 Å². The molecule has 17 heavy (non-hydrogen) atoms. The minimum Gasteiger partial charge on any atom is -0.380 e. The average molecular weight is 240 g/mol. The van der Waals surface area contributed by atoms with Gasteiger partial charge in [0.2, 0.25) is 0 Å². The molecule has 3 heteroatoms. The Morgan fingerprint density at radius 3 is 2.47 bits per heavy atom. The Labute approximate surface area is 106 Å². The van der Waals surface area contributed by atoms with E-state index in [0.29, 0.717) is 0 Å². The van der Waals surface area contributed by atoms with Gasteiger partial charge in [-0.25, -0.2) is 0 Å². The Morgan fingerprint density at radius 2 is 1.82 bits per heavy atom. The van der Waals surface area contributed by atoms with Gasteiger partial charge in [-0.2, -0.15) is 0 Å². The van der Waals surface area contributed by atoms with Gasteiger partial charge in [0, 0.05) is 26.2 Å². The normalized spacial score (nSPS) is 25.2. The van der Waals surface area contributed by atoms with Crippen LogP contribution in [0.25, 0.3) is 0 Å². The van der Waals surface area contributed by atoms with Crippen LogP contribution < -0.4 is 0 Å². The second-order valence-electron chi connectivity index (χ2n) is 5.77. The molecule has 0 aromatic carbocycles. The lowest BCUT2D eigenvalue weighted by molar-refractivity contribution is 0.0754. The first-order chi connectivity index (χ1) is 8.34. The van der Waals surface area contributed by atoms with E-state index in [4.69, 9.17) is 4.74 Å². The molecule has 1 saturated carbocycles. The van der Waals surface area contributed by atoms with Crippen LogP contribution in [0.4, 0.5) is 0 Å². The monoisotopic (exact) mass is 240 g/mol. The smallest absolute Gasteiger partial charge is 0.0594 e. The molecule has 0 aromatic heterocycles. The number of likely N-dealkylation sites (N-methyl/N-ethyl adjacent to an activating group) is 1. The molecule has 0 atom stereocenters. The van der Waals surface area contributed by atoms with Crippen molar-refractivity contribution in [2.75, 3.05) is 46.6 Å². The van der Waals surface area contributed by atoms with Gasteiger partial charge in [0.25, 0.3) is 0 Å². The van der Waals surface area contributed by atoms with Crippen LogP contribution in [0, 0.1) is 5.92 Å². The molecule has 1 aliphatic heterocycles. The van der Waals surface area contributed by atoms with E-state index in [0.717, 1.165) is 32.3 Å². The number of rotatable bonds is 5. The zero-order chi connectivity index (χ0) is 11.9. The minimum absolute atomic E-state index is 0.846. The van der Waals surface area contributed by atoms with Gasteiger partial charge in [0.1, 0.15) is 0 Å². The molecule has 0 amide bonds. The molecular weight excluding hydrogens is 212 g/mol. The van der Waals surface area contributed by atoms with Crippen LogP contribution in [0.2, 0.25) is 0 Å². The summed E-state index contributed by atoms with van der Waals surface area (Å²) in [6, 6.07) is 0. The van der Waals surface area contributed by atoms with E-state index >= 15 is 0 Å². The summed E-state index contributed by atoms with van der Waals surface area (Å²) in [5, 5.41) is 0. The van der Waals surface area contributed by atoms with Crippen LogP contribution in [0.5, 0.6) is 0 Å². The molecule has 1 saturated heterocycles. The molecule has 3 nitrogen and oxygen atoms in total. The number of nitrogens with zero attached hydrogens (tertiary/aromatic N) is 2. The van der Waals surface area contributed by atoms with Crippen molar-refractivity contribution in [3.63, 3.8) is 0 Å². The largest absolute Gasteiger partial charge is 0.380 e. The van der Waals surface area contributed by atoms with Gasteiger partial charge in [-0.05, 0) is 25.8 Å². The quantitative estimate of drug-likeness (QED) is 0.541. The van der Waals surface area contributed by atoms with Gasteiger partial charge in [-0.3, -0.25) is 9.80 Å². The summed E-state index contributed by atoms with van der Waals surface area (Å²) in [5.41, 5.74) is 0. The highest BCUT2D eigenvalue weighted by Gasteiger charge is 2.16. The summed E-state index contributed by atoms with van der Waals surface area (Å²) in [4.78, 5) is 4.85. The van der Waals surface area contributed by atoms with Crippen LogP contribution >= 0.6 is 0 Å². The van der Waals surface area contributed by atoms with Gasteiger partial charge in [0.15, 0.2) is 0 Å². The van der Waals surface area contributed by atoms with Crippen molar-refractivity contribution in [1.82, 2.24) is 9.80 Å². The molecule has 2 rings (SSSR count). The number of hydrogen-bond acceptors (Lipinski definition) is 3. The van der Waals surface area contributed by atoms with Crippen LogP contribution in [0.15, 0.2) is 0 Å². The van der Waals surface area contributed by atoms with E-state index in [9.17, 15) is 0 Å². The highest BCUT2D eigenvalue weighted by Crippen LogP contribution is 2.22. The molecule has 2 aliphatic rings. The molecule has 2 fully saturated rings. The fraction of sp³-hybridized carbons (Fsp3) is 1.00. The molecule has 0 N–H and O–H groups in total. The third-order valence-corrected chi connectivity index (χ3v) is 4.12. The first-order valence-corrected chi connectivity index (χ1v) is 7.33. The average Bonchev–Trinajstić information content (AvgIpc) is 2.59. The van der Waals surface area contributed by atoms with Gasteiger partial charge < -0.3 is 4.74 Å². The summed E-state index contributed by atoms with van der Waals surface area (Å²) >= 11 is 0. The van der Waals surface area contributed by atoms with Crippen molar-refractivity contribution in [1.29, 1.82) is 0 Å². The molecule has 0 spiro atoms. The van der Waals surface area contributed by atoms with E-state index in [-0.39, 0.29) is 0 Å². The van der Waals surface area contributed by atoms with E-state index in [1.807, 2.05) is 0 Å². The Morgan fingerprint density at radius 1 is 1.06 bits per heavy atom. The second-order valence-corrected chi connectivity index (χ2v) is 5.77. The first-order valence-electron chi connectivity index (χ1n) is 7.33. The van der Waals surface area contributed by atoms with E-state index in [1.54, 1.807) is 0 Å². The van der Waals surface area contributed by atoms with Crippen molar-refractivity contribution >= 4 is 0 Å². The third kappa shape index (κ3) is 4.94. The van der Waals surface area contributed by atoms with Crippen LogP contribution in [0.3, 0.4) is 0 Å². The second kappa shape index (κ2) is 7.34. The summed E-state index contributed by atoms with van der Waals surface area (Å²) < 4.78 is 5.87. The minimum atomic E-state index is 0.846. The van der Waals surface area contributed by atoms with Crippen molar-refractivity contribution < 1.29 is 4.74 Å². The predicted molar refractivity (Wildman–Crippen MR) is 71.1 cm³/mol. The molecular formula is C14H28N2O. The third-order valence-electron chi connectivity index (χ3n) is 4.12. The highest BCUT2D eigenvalue weighted by atomic mass is 16.5. The molecule has 0 unspecified atom stereocenters. The number of ether oxygens (including phenoxy) is 1. The molecule has 1 aliphatic carbocycles. The lowest BCUT2D eigenvalue weighted by Crippen LogP contribution is -2.27. The van der Waals surface area contributed by atoms with Crippen LogP contribution in [-0.2, 0) is 4.74 Å². The standard InChI is InChI=1S/C14H28N2O/c1-15-8-9-16(13-15)10-11-17-12-14-6-4-2-3-5-7-14/h14H,2-13H2,1H3. The molecule has 1 heterocycles. The Bertz CT molecular complexity index is 202. The van der Waals surface area contributed by atoms with E-state index < -0.39 is 0 Å². The summed E-state index contributed by atoms with van der Waals surface area (Å²) in [6.45, 7) is 6.57. The lowest BCUT2D eigenvalue weighted by Gasteiger charge is -2.17. The molecule has 0 bridgehead atoms. The maximum absolute atomic E-state index is 5.87. The Balaban J connectivity index is 1.50. The van der Waals surface area contributed by atoms with Crippen molar-refractivity contribution in [2.24, 2.45) is 5.92 Å². The van der Waals surface area contributed by atoms with Crippen molar-refractivity contribution in [3.8, 4) is 0 Å². The highest BCUT2D eigenvalue weighted by molar-refractivity contribution is 4.68. The zero-order valence-corrected chi connectivity index (χ0v) is 11.4. The van der Waals surface area contributed by atoms with Crippen LogP contribution in [0.1, 0.15) is 38.5 Å². The first kappa shape index (κ1) is 13.3. The Kier molecular flexibility index (Phi) is 5.75. The van der Waals surface area contributed by atoms with Gasteiger partial charge in [0.05, 0.1) is 13.3 Å². The maximum Gasteiger partial charge on any atom is 0.0594 e. The maximum atomic E-state index is 5.87. The fourth-order valence-corrected chi connectivity index (χ4v) is 2.95. The predicted octanol–water partition coefficient (Wildman–Crippen LogP) is 2.18. The topological polar surface area (TPSA) is 15.7 Å². The SMILES string of the molecule is CN1CCN(CCOCC2CCCCCC2)C1. The summed E-state index contributed by atoms with van der Waals surface area (Å²) in [6.07, 6.45) is 8.52. The van der Waals surface area contributed by atoms with Gasteiger partial charge >= 0.3 is 0 Å². The van der Waals surface area contributed by atoms with Gasteiger partial charge in [-0.1, -0.05) is 25.7 Å². The zero-order valence-electron chi connectivity index (χ0n) is 11.4. The summed E-state index contributed by atoms with van der Waals surface area (Å²) in [5.74, 6) is 0.846. The fourth-order valence-electron chi connectivity index (χ4n) is 2.95. The van der Waals surface area contributed by atoms with Crippen molar-refractivity contribution in [3.05, 3.63) is 0 Å². The molecule has 0 radical (unpaired) electrons. The van der Waals surface area contributed by atoms with E-state index in [1.165, 1.54) is 51.6 Å².